The van der Waals surface area contributed by atoms with Crippen LogP contribution >= 0.6 is 0 Å². The average molecular weight is 358 g/mol. The highest BCUT2D eigenvalue weighted by atomic mass is 16.6. The standard InChI is InChI=1S/C18H26N6O2/c1-4-26-18(25)23-10-8-22(9-11-23)17(19-3)20-12-15-13-24-14(2)6-5-7-16(24)21-15/h5-7,13H,4,8-12H2,1-3H3,(H,19,20). The molecule has 140 valence electrons. The summed E-state index contributed by atoms with van der Waals surface area (Å²) in [6.07, 6.45) is 1.80. The number of pyridine rings is 1. The molecular formula is C18H26N6O2. The number of piperazine rings is 1. The van der Waals surface area contributed by atoms with Crippen molar-refractivity contribution in [2.45, 2.75) is 20.4 Å². The van der Waals surface area contributed by atoms with Gasteiger partial charge in [-0.15, -0.1) is 0 Å². The highest BCUT2D eigenvalue weighted by Crippen LogP contribution is 2.09. The molecule has 1 N–H and O–H groups in total. The summed E-state index contributed by atoms with van der Waals surface area (Å²) >= 11 is 0. The Morgan fingerprint density at radius 2 is 2.00 bits per heavy atom. The molecule has 2 aromatic heterocycles. The maximum absolute atomic E-state index is 11.8. The number of imidazole rings is 1. The summed E-state index contributed by atoms with van der Waals surface area (Å²) in [5.41, 5.74) is 3.06. The van der Waals surface area contributed by atoms with Crippen LogP contribution in [0.3, 0.4) is 0 Å². The highest BCUT2D eigenvalue weighted by molar-refractivity contribution is 5.80. The van der Waals surface area contributed by atoms with Crippen molar-refractivity contribution in [3.05, 3.63) is 35.8 Å². The molecule has 0 atom stereocenters. The van der Waals surface area contributed by atoms with Crippen LogP contribution in [0.2, 0.25) is 0 Å². The van der Waals surface area contributed by atoms with Gasteiger partial charge in [0.25, 0.3) is 0 Å². The van der Waals surface area contributed by atoms with Gasteiger partial charge in [0.15, 0.2) is 5.96 Å². The van der Waals surface area contributed by atoms with E-state index >= 15 is 0 Å². The monoisotopic (exact) mass is 358 g/mol. The molecule has 1 saturated heterocycles. The lowest BCUT2D eigenvalue weighted by Crippen LogP contribution is -2.53. The number of hydrogen-bond acceptors (Lipinski definition) is 4. The Morgan fingerprint density at radius 3 is 2.65 bits per heavy atom. The molecule has 1 fully saturated rings. The third-order valence-corrected chi connectivity index (χ3v) is 4.49. The molecule has 0 spiro atoms. The third kappa shape index (κ3) is 3.89. The lowest BCUT2D eigenvalue weighted by atomic mass is 10.3. The number of nitrogens with zero attached hydrogens (tertiary/aromatic N) is 5. The van der Waals surface area contributed by atoms with Gasteiger partial charge in [-0.25, -0.2) is 9.78 Å². The first-order valence-electron chi connectivity index (χ1n) is 8.93. The molecule has 1 aliphatic heterocycles. The Labute approximate surface area is 153 Å². The number of amides is 1. The van der Waals surface area contributed by atoms with Crippen LogP contribution in [0.15, 0.2) is 29.4 Å². The van der Waals surface area contributed by atoms with Gasteiger partial charge in [-0.1, -0.05) is 6.07 Å². The van der Waals surface area contributed by atoms with Crippen molar-refractivity contribution >= 4 is 17.7 Å². The molecule has 0 aromatic carbocycles. The predicted molar refractivity (Wildman–Crippen MR) is 100 cm³/mol. The Morgan fingerprint density at radius 1 is 1.27 bits per heavy atom. The van der Waals surface area contributed by atoms with Gasteiger partial charge >= 0.3 is 6.09 Å². The van der Waals surface area contributed by atoms with Gasteiger partial charge in [-0.2, -0.15) is 0 Å². The van der Waals surface area contributed by atoms with E-state index in [9.17, 15) is 4.79 Å². The fourth-order valence-electron chi connectivity index (χ4n) is 3.10. The van der Waals surface area contributed by atoms with E-state index in [0.717, 1.165) is 36.1 Å². The SMILES string of the molecule is CCOC(=O)N1CCN(C(=NC)NCc2cn3c(C)cccc3n2)CC1. The summed E-state index contributed by atoms with van der Waals surface area (Å²) in [5, 5.41) is 3.37. The highest BCUT2D eigenvalue weighted by Gasteiger charge is 2.23. The van der Waals surface area contributed by atoms with Crippen LogP contribution in [0.4, 0.5) is 4.79 Å². The molecule has 0 aliphatic carbocycles. The minimum absolute atomic E-state index is 0.241. The Kier molecular flexibility index (Phi) is 5.60. The number of rotatable bonds is 3. The van der Waals surface area contributed by atoms with Crippen LogP contribution in [0.5, 0.6) is 0 Å². The molecule has 0 unspecified atom stereocenters. The van der Waals surface area contributed by atoms with Crippen molar-refractivity contribution in [1.29, 1.82) is 0 Å². The predicted octanol–water partition coefficient (Wildman–Crippen LogP) is 1.49. The smallest absolute Gasteiger partial charge is 0.409 e. The number of aryl methyl sites for hydroxylation is 1. The largest absolute Gasteiger partial charge is 0.450 e. The van der Waals surface area contributed by atoms with Crippen LogP contribution in [0, 0.1) is 6.92 Å². The van der Waals surface area contributed by atoms with Gasteiger partial charge in [0, 0.05) is 45.1 Å². The maximum atomic E-state index is 11.8. The zero-order chi connectivity index (χ0) is 18.5. The second kappa shape index (κ2) is 8.07. The first-order chi connectivity index (χ1) is 12.6. The number of aromatic nitrogens is 2. The molecule has 1 amide bonds. The lowest BCUT2D eigenvalue weighted by Gasteiger charge is -2.35. The van der Waals surface area contributed by atoms with E-state index in [0.29, 0.717) is 26.2 Å². The summed E-state index contributed by atoms with van der Waals surface area (Å²) in [7, 11) is 1.77. The second-order valence-corrected chi connectivity index (χ2v) is 6.20. The number of nitrogens with one attached hydrogen (secondary N) is 1. The van der Waals surface area contributed by atoms with Crippen LogP contribution in [0.25, 0.3) is 5.65 Å². The van der Waals surface area contributed by atoms with Crippen molar-refractivity contribution in [2.75, 3.05) is 39.8 Å². The molecule has 8 nitrogen and oxygen atoms in total. The number of hydrogen-bond donors (Lipinski definition) is 1. The van der Waals surface area contributed by atoms with Crippen molar-refractivity contribution in [3.8, 4) is 0 Å². The van der Waals surface area contributed by atoms with E-state index in [2.05, 4.69) is 37.6 Å². The molecule has 1 aliphatic rings. The summed E-state index contributed by atoms with van der Waals surface area (Å²) in [5.74, 6) is 0.822. The molecule has 3 heterocycles. The van der Waals surface area contributed by atoms with E-state index in [1.165, 1.54) is 0 Å². The molecule has 0 bridgehead atoms. The summed E-state index contributed by atoms with van der Waals surface area (Å²) < 4.78 is 7.14. The molecule has 26 heavy (non-hydrogen) atoms. The molecular weight excluding hydrogens is 332 g/mol. The van der Waals surface area contributed by atoms with Gasteiger partial charge in [0.1, 0.15) is 5.65 Å². The quantitative estimate of drug-likeness (QED) is 0.665. The third-order valence-electron chi connectivity index (χ3n) is 4.49. The van der Waals surface area contributed by atoms with Gasteiger partial charge in [0.2, 0.25) is 0 Å². The van der Waals surface area contributed by atoms with Crippen molar-refractivity contribution < 1.29 is 9.53 Å². The Bertz CT molecular complexity index is 792. The number of fused-ring (bicyclic) bond motifs is 1. The van der Waals surface area contributed by atoms with E-state index < -0.39 is 0 Å². The molecule has 8 heteroatoms. The van der Waals surface area contributed by atoms with Gasteiger partial charge in [-0.05, 0) is 26.0 Å². The summed E-state index contributed by atoms with van der Waals surface area (Å²) in [4.78, 5) is 24.7. The normalized spacial score (nSPS) is 15.4. The number of aliphatic imine (C=N–C) groups is 1. The average Bonchev–Trinajstić information content (AvgIpc) is 3.07. The first-order valence-corrected chi connectivity index (χ1v) is 8.93. The number of ether oxygens (including phenoxy) is 1. The summed E-state index contributed by atoms with van der Waals surface area (Å²) in [6, 6.07) is 6.07. The van der Waals surface area contributed by atoms with E-state index in [-0.39, 0.29) is 6.09 Å². The zero-order valence-electron chi connectivity index (χ0n) is 15.6. The number of carbonyl (C=O) groups excluding carboxylic acids is 1. The van der Waals surface area contributed by atoms with E-state index in [1.54, 1.807) is 11.9 Å². The molecule has 0 saturated carbocycles. The Balaban J connectivity index is 1.56. The first kappa shape index (κ1) is 18.0. The fourth-order valence-corrected chi connectivity index (χ4v) is 3.10. The maximum Gasteiger partial charge on any atom is 0.409 e. The van der Waals surface area contributed by atoms with Crippen molar-refractivity contribution in [2.24, 2.45) is 4.99 Å². The molecule has 0 radical (unpaired) electrons. The lowest BCUT2D eigenvalue weighted by molar-refractivity contribution is 0.0914. The number of guanidine groups is 1. The second-order valence-electron chi connectivity index (χ2n) is 6.20. The van der Waals surface area contributed by atoms with Crippen LogP contribution < -0.4 is 5.32 Å². The number of carbonyl (C=O) groups is 1. The fraction of sp³-hybridized carbons (Fsp3) is 0.500. The molecule has 2 aromatic rings. The van der Waals surface area contributed by atoms with Gasteiger partial charge in [0.05, 0.1) is 18.8 Å². The van der Waals surface area contributed by atoms with Gasteiger partial charge < -0.3 is 24.3 Å². The van der Waals surface area contributed by atoms with Crippen LogP contribution in [-0.4, -0.2) is 71.1 Å². The van der Waals surface area contributed by atoms with Crippen molar-refractivity contribution in [1.82, 2.24) is 24.5 Å². The zero-order valence-corrected chi connectivity index (χ0v) is 15.6. The summed E-state index contributed by atoms with van der Waals surface area (Å²) in [6.45, 7) is 7.60. The Hall–Kier alpha value is -2.77. The van der Waals surface area contributed by atoms with Crippen LogP contribution in [-0.2, 0) is 11.3 Å². The minimum atomic E-state index is -0.241. The van der Waals surface area contributed by atoms with Crippen LogP contribution in [0.1, 0.15) is 18.3 Å². The van der Waals surface area contributed by atoms with Crippen molar-refractivity contribution in [3.63, 3.8) is 0 Å². The van der Waals surface area contributed by atoms with E-state index in [1.807, 2.05) is 25.3 Å². The minimum Gasteiger partial charge on any atom is -0.450 e. The topological polar surface area (TPSA) is 74.5 Å². The molecule has 3 rings (SSSR count). The van der Waals surface area contributed by atoms with E-state index in [4.69, 9.17) is 4.74 Å². The van der Waals surface area contributed by atoms with Gasteiger partial charge in [-0.3, -0.25) is 4.99 Å².